The Bertz CT molecular complexity index is 748. The Balaban J connectivity index is 1.96. The average molecular weight is 364 g/mol. The third kappa shape index (κ3) is 3.14. The summed E-state index contributed by atoms with van der Waals surface area (Å²) in [6.45, 7) is 5.34. The van der Waals surface area contributed by atoms with E-state index in [9.17, 15) is 0 Å². The van der Waals surface area contributed by atoms with Gasteiger partial charge in [-0.2, -0.15) is 0 Å². The summed E-state index contributed by atoms with van der Waals surface area (Å²) in [6.07, 6.45) is 12.0. The van der Waals surface area contributed by atoms with E-state index < -0.39 is 0 Å². The second-order valence-corrected chi connectivity index (χ2v) is 7.35. The lowest BCUT2D eigenvalue weighted by Gasteiger charge is -2.30. The van der Waals surface area contributed by atoms with Crippen LogP contribution in [0.2, 0.25) is 10.3 Å². The lowest BCUT2D eigenvalue weighted by atomic mass is 9.81. The lowest BCUT2D eigenvalue weighted by molar-refractivity contribution is -0.695. The van der Waals surface area contributed by atoms with E-state index in [2.05, 4.69) is 65.7 Å². The van der Waals surface area contributed by atoms with Crippen LogP contribution in [0.3, 0.4) is 0 Å². The maximum Gasteiger partial charge on any atom is 0.255 e. The van der Waals surface area contributed by atoms with Gasteiger partial charge in [-0.05, 0) is 59.7 Å². The number of benzene rings is 1. The maximum atomic E-state index is 6.63. The molecule has 0 bridgehead atoms. The molecule has 0 radical (unpaired) electrons. The van der Waals surface area contributed by atoms with Crippen molar-refractivity contribution >= 4 is 29.3 Å². The van der Waals surface area contributed by atoms with Gasteiger partial charge in [-0.25, -0.2) is 9.13 Å². The van der Waals surface area contributed by atoms with Crippen molar-refractivity contribution in [2.75, 3.05) is 0 Å². The van der Waals surface area contributed by atoms with Crippen molar-refractivity contribution in [3.8, 4) is 0 Å². The van der Waals surface area contributed by atoms with Crippen molar-refractivity contribution in [3.63, 3.8) is 0 Å². The van der Waals surface area contributed by atoms with E-state index in [1.54, 1.807) is 0 Å². The van der Waals surface area contributed by atoms with Gasteiger partial charge in [-0.15, -0.1) is 0 Å². The Labute approximate surface area is 154 Å². The minimum absolute atomic E-state index is 0.148. The van der Waals surface area contributed by atoms with Crippen molar-refractivity contribution < 1.29 is 4.57 Å². The summed E-state index contributed by atoms with van der Waals surface area (Å²) in [5.41, 5.74) is 2.51. The molecule has 4 heteroatoms. The Kier molecular flexibility index (Phi) is 5.36. The van der Waals surface area contributed by atoms with Crippen LogP contribution < -0.4 is 4.57 Å². The third-order valence-corrected chi connectivity index (χ3v) is 5.96. The lowest BCUT2D eigenvalue weighted by Crippen LogP contribution is -2.38. The molecule has 2 aromatic rings. The fourth-order valence-corrected chi connectivity index (χ4v) is 4.07. The highest BCUT2D eigenvalue weighted by Gasteiger charge is 2.39. The van der Waals surface area contributed by atoms with Crippen molar-refractivity contribution in [1.29, 1.82) is 0 Å². The van der Waals surface area contributed by atoms with Gasteiger partial charge in [-0.3, -0.25) is 0 Å². The van der Waals surface area contributed by atoms with Crippen LogP contribution >= 0.6 is 23.2 Å². The number of nitrogens with zero attached hydrogens (tertiary/aromatic N) is 2. The summed E-state index contributed by atoms with van der Waals surface area (Å²) >= 11 is 13.1. The first kappa shape index (κ1) is 17.6. The van der Waals surface area contributed by atoms with Crippen LogP contribution in [-0.4, -0.2) is 4.57 Å². The van der Waals surface area contributed by atoms with Gasteiger partial charge in [0.25, 0.3) is 10.3 Å². The zero-order valence-electron chi connectivity index (χ0n) is 14.4. The summed E-state index contributed by atoms with van der Waals surface area (Å²) in [5, 5.41) is 1.28. The molecule has 128 valence electrons. The van der Waals surface area contributed by atoms with Gasteiger partial charge in [0.1, 0.15) is 5.54 Å². The standard InChI is InChI=1S/C20H25Cl2N2/c1-3-5-8-13-23-15-24(19(22)18(23)21)20(4-2)12-11-16-9-6-7-10-17(16)14-20/h6-7,9-12,15H,3-5,8,13-14H2,1-2H3/q+1. The fourth-order valence-electron chi connectivity index (χ4n) is 3.53. The van der Waals surface area contributed by atoms with Crippen LogP contribution in [0.1, 0.15) is 50.7 Å². The van der Waals surface area contributed by atoms with Crippen LogP contribution in [0, 0.1) is 0 Å². The number of hydrogen-bond donors (Lipinski definition) is 0. The van der Waals surface area contributed by atoms with Gasteiger partial charge in [0, 0.05) is 6.42 Å². The molecule has 0 aliphatic heterocycles. The largest absolute Gasteiger partial charge is 0.255 e. The highest BCUT2D eigenvalue weighted by Crippen LogP contribution is 2.37. The van der Waals surface area contributed by atoms with E-state index in [4.69, 9.17) is 23.2 Å². The van der Waals surface area contributed by atoms with Crippen LogP contribution in [0.5, 0.6) is 0 Å². The third-order valence-electron chi connectivity index (χ3n) is 5.11. The zero-order chi connectivity index (χ0) is 17.2. The molecular weight excluding hydrogens is 339 g/mol. The van der Waals surface area contributed by atoms with Gasteiger partial charge >= 0.3 is 0 Å². The number of unbranched alkanes of at least 4 members (excludes halogenated alkanes) is 2. The van der Waals surface area contributed by atoms with Crippen molar-refractivity contribution in [2.24, 2.45) is 0 Å². The highest BCUT2D eigenvalue weighted by atomic mass is 35.5. The molecule has 0 saturated carbocycles. The number of aryl methyl sites for hydroxylation is 1. The number of rotatable bonds is 6. The second-order valence-electron chi connectivity index (χ2n) is 6.63. The molecule has 0 saturated heterocycles. The molecule has 1 aliphatic carbocycles. The first-order valence-corrected chi connectivity index (χ1v) is 9.60. The maximum absolute atomic E-state index is 6.63. The van der Waals surface area contributed by atoms with Crippen LogP contribution in [0.25, 0.3) is 6.08 Å². The van der Waals surface area contributed by atoms with Gasteiger partial charge < -0.3 is 0 Å². The van der Waals surface area contributed by atoms with Crippen molar-refractivity contribution in [2.45, 2.75) is 58.0 Å². The molecule has 1 unspecified atom stereocenters. The number of imidazole rings is 1. The van der Waals surface area contributed by atoms with Crippen LogP contribution in [0.4, 0.5) is 0 Å². The predicted octanol–water partition coefficient (Wildman–Crippen LogP) is 5.65. The van der Waals surface area contributed by atoms with Crippen molar-refractivity contribution in [3.05, 3.63) is 58.1 Å². The molecule has 0 N–H and O–H groups in total. The summed E-state index contributed by atoms with van der Waals surface area (Å²) < 4.78 is 4.25. The molecule has 1 aliphatic rings. The summed E-state index contributed by atoms with van der Waals surface area (Å²) in [6, 6.07) is 8.56. The van der Waals surface area contributed by atoms with E-state index >= 15 is 0 Å². The zero-order valence-corrected chi connectivity index (χ0v) is 15.9. The first-order chi connectivity index (χ1) is 11.6. The molecule has 1 aromatic carbocycles. The van der Waals surface area contributed by atoms with Gasteiger partial charge in [0.05, 0.1) is 6.54 Å². The molecule has 2 nitrogen and oxygen atoms in total. The number of halogens is 2. The monoisotopic (exact) mass is 363 g/mol. The Hall–Kier alpha value is -1.25. The first-order valence-electron chi connectivity index (χ1n) is 8.84. The molecule has 24 heavy (non-hydrogen) atoms. The Morgan fingerprint density at radius 2 is 1.96 bits per heavy atom. The number of allylic oxidation sites excluding steroid dienone is 1. The molecule has 1 aromatic heterocycles. The quantitative estimate of drug-likeness (QED) is 0.463. The fraction of sp³-hybridized carbons (Fsp3) is 0.450. The van der Waals surface area contributed by atoms with E-state index in [0.29, 0.717) is 10.3 Å². The molecule has 0 fully saturated rings. The molecular formula is C20H25Cl2N2+. The summed E-state index contributed by atoms with van der Waals surface area (Å²) in [4.78, 5) is 0. The smallest absolute Gasteiger partial charge is 0.219 e. The molecule has 1 atom stereocenters. The molecule has 1 heterocycles. The van der Waals surface area contributed by atoms with Crippen LogP contribution in [-0.2, 0) is 18.5 Å². The molecule has 0 spiro atoms. The van der Waals surface area contributed by atoms with Gasteiger partial charge in [0.2, 0.25) is 6.33 Å². The van der Waals surface area contributed by atoms with Crippen molar-refractivity contribution in [1.82, 2.24) is 4.57 Å². The number of fused-ring (bicyclic) bond motifs is 1. The van der Waals surface area contributed by atoms with E-state index in [-0.39, 0.29) is 5.54 Å². The highest BCUT2D eigenvalue weighted by molar-refractivity contribution is 6.39. The topological polar surface area (TPSA) is 8.81 Å². The number of hydrogen-bond acceptors (Lipinski definition) is 0. The predicted molar refractivity (Wildman–Crippen MR) is 102 cm³/mol. The summed E-state index contributed by atoms with van der Waals surface area (Å²) in [7, 11) is 0. The minimum Gasteiger partial charge on any atom is -0.219 e. The molecule has 3 rings (SSSR count). The van der Waals surface area contributed by atoms with Gasteiger partial charge in [0.15, 0.2) is 0 Å². The van der Waals surface area contributed by atoms with E-state index in [1.807, 2.05) is 0 Å². The number of aromatic nitrogens is 2. The Morgan fingerprint density at radius 1 is 1.17 bits per heavy atom. The normalized spacial score (nSPS) is 19.5. The molecule has 0 amide bonds. The van der Waals surface area contributed by atoms with Gasteiger partial charge in [-0.1, -0.05) is 50.6 Å². The Morgan fingerprint density at radius 3 is 2.71 bits per heavy atom. The SMILES string of the molecule is CCCCC[n+]1cn(C2(CC)C=Cc3ccccc3C2)c(Cl)c1Cl. The summed E-state index contributed by atoms with van der Waals surface area (Å²) in [5.74, 6) is 0. The average Bonchev–Trinajstić information content (AvgIpc) is 2.90. The van der Waals surface area contributed by atoms with E-state index in [0.717, 1.165) is 25.8 Å². The van der Waals surface area contributed by atoms with Crippen LogP contribution in [0.15, 0.2) is 36.7 Å². The minimum atomic E-state index is -0.148. The van der Waals surface area contributed by atoms with E-state index in [1.165, 1.54) is 24.0 Å². The second kappa shape index (κ2) is 7.33.